The lowest BCUT2D eigenvalue weighted by Gasteiger charge is -1.86. The largest absolute Gasteiger partial charge is 0.400 e. The summed E-state index contributed by atoms with van der Waals surface area (Å²) in [6, 6.07) is 5.93. The van der Waals surface area contributed by atoms with Crippen molar-refractivity contribution >= 4 is 5.65 Å². The van der Waals surface area contributed by atoms with Crippen LogP contribution in [0.15, 0.2) is 36.8 Å². The molecule has 2 aromatic heterocycles. The molecule has 0 saturated heterocycles. The van der Waals surface area contributed by atoms with E-state index in [0.29, 0.717) is 0 Å². The van der Waals surface area contributed by atoms with Gasteiger partial charge >= 0.3 is 0 Å². The summed E-state index contributed by atoms with van der Waals surface area (Å²) in [5, 5.41) is 7.00. The zero-order chi connectivity index (χ0) is 8.10. The molecular weight excluding hydrogens is 140 g/mol. The van der Waals surface area contributed by atoms with Crippen LogP contribution in [0.25, 0.3) is 5.65 Å². The van der Waals surface area contributed by atoms with Gasteiger partial charge in [-0.2, -0.15) is 0 Å². The molecule has 58 valence electrons. The number of nitrogens with zero attached hydrogens (tertiary/aromatic N) is 2. The molecular formula is C8H10N2O. The Labute approximate surface area is 64.9 Å². The molecule has 2 rings (SSSR count). The second-order valence-corrected chi connectivity index (χ2v) is 1.89. The van der Waals surface area contributed by atoms with Crippen LogP contribution in [0.3, 0.4) is 0 Å². The van der Waals surface area contributed by atoms with Gasteiger partial charge in [0, 0.05) is 25.7 Å². The second-order valence-electron chi connectivity index (χ2n) is 1.89. The van der Waals surface area contributed by atoms with Crippen molar-refractivity contribution in [2.75, 3.05) is 7.11 Å². The number of pyridine rings is 1. The molecule has 0 radical (unpaired) electrons. The van der Waals surface area contributed by atoms with Gasteiger partial charge in [0.2, 0.25) is 0 Å². The fraction of sp³-hybridized carbons (Fsp3) is 0.125. The summed E-state index contributed by atoms with van der Waals surface area (Å²) in [6.45, 7) is 0. The molecule has 0 spiro atoms. The number of hydrogen-bond donors (Lipinski definition) is 1. The molecule has 11 heavy (non-hydrogen) atoms. The number of hydrogen-bond acceptors (Lipinski definition) is 2. The summed E-state index contributed by atoms with van der Waals surface area (Å²) < 4.78 is 1.97. The van der Waals surface area contributed by atoms with Crippen LogP contribution in [0.1, 0.15) is 0 Å². The average Bonchev–Trinajstić information content (AvgIpc) is 2.55. The van der Waals surface area contributed by atoms with E-state index in [9.17, 15) is 0 Å². The van der Waals surface area contributed by atoms with Crippen LogP contribution < -0.4 is 0 Å². The third-order valence-corrected chi connectivity index (χ3v) is 1.30. The lowest BCUT2D eigenvalue weighted by molar-refractivity contribution is 0.399. The minimum atomic E-state index is 0.998. The maximum absolute atomic E-state index is 7.00. The summed E-state index contributed by atoms with van der Waals surface area (Å²) in [5.74, 6) is 0. The van der Waals surface area contributed by atoms with Gasteiger partial charge in [-0.25, -0.2) is 4.98 Å². The van der Waals surface area contributed by atoms with Crippen LogP contribution in [0.2, 0.25) is 0 Å². The predicted molar refractivity (Wildman–Crippen MR) is 43.3 cm³/mol. The third-order valence-electron chi connectivity index (χ3n) is 1.30. The number of imidazole rings is 1. The Morgan fingerprint density at radius 1 is 1.27 bits per heavy atom. The van der Waals surface area contributed by atoms with Crippen molar-refractivity contribution in [3.05, 3.63) is 36.8 Å². The van der Waals surface area contributed by atoms with E-state index in [0.717, 1.165) is 12.8 Å². The lowest BCUT2D eigenvalue weighted by Crippen LogP contribution is -1.77. The molecule has 3 nitrogen and oxygen atoms in total. The smallest absolute Gasteiger partial charge is 0.136 e. The zero-order valence-corrected chi connectivity index (χ0v) is 6.31. The van der Waals surface area contributed by atoms with Gasteiger partial charge in [0.25, 0.3) is 0 Å². The highest BCUT2D eigenvalue weighted by molar-refractivity contribution is 5.36. The van der Waals surface area contributed by atoms with Crippen molar-refractivity contribution in [1.82, 2.24) is 9.38 Å². The molecule has 0 aliphatic carbocycles. The number of aliphatic hydroxyl groups is 1. The Balaban J connectivity index is 0.000000281. The highest BCUT2D eigenvalue weighted by Gasteiger charge is 1.85. The maximum Gasteiger partial charge on any atom is 0.136 e. The molecule has 0 aromatic carbocycles. The van der Waals surface area contributed by atoms with Crippen LogP contribution >= 0.6 is 0 Å². The van der Waals surface area contributed by atoms with Crippen molar-refractivity contribution in [2.24, 2.45) is 0 Å². The fourth-order valence-electron chi connectivity index (χ4n) is 0.864. The number of fused-ring (bicyclic) bond motifs is 1. The van der Waals surface area contributed by atoms with Crippen LogP contribution in [0, 0.1) is 0 Å². The lowest BCUT2D eigenvalue weighted by atomic mass is 10.5. The highest BCUT2D eigenvalue weighted by Crippen LogP contribution is 1.96. The standard InChI is InChI=1S/C7H6N2.CH4O/c1-2-5-9-6-4-8-7(9)3-1;1-2/h1-6H;2H,1H3. The summed E-state index contributed by atoms with van der Waals surface area (Å²) in [4.78, 5) is 4.08. The van der Waals surface area contributed by atoms with Crippen LogP contribution in [-0.2, 0) is 0 Å². The summed E-state index contributed by atoms with van der Waals surface area (Å²) >= 11 is 0. The first-order valence-electron chi connectivity index (χ1n) is 3.29. The van der Waals surface area contributed by atoms with Crippen LogP contribution in [0.4, 0.5) is 0 Å². The van der Waals surface area contributed by atoms with E-state index >= 15 is 0 Å². The summed E-state index contributed by atoms with van der Waals surface area (Å²) in [7, 11) is 1.00. The van der Waals surface area contributed by atoms with Crippen molar-refractivity contribution in [3.63, 3.8) is 0 Å². The van der Waals surface area contributed by atoms with Crippen molar-refractivity contribution in [2.45, 2.75) is 0 Å². The van der Waals surface area contributed by atoms with Gasteiger partial charge in [-0.1, -0.05) is 6.07 Å². The number of rotatable bonds is 0. The first-order valence-corrected chi connectivity index (χ1v) is 3.29. The van der Waals surface area contributed by atoms with Gasteiger partial charge in [0.15, 0.2) is 0 Å². The molecule has 0 bridgehead atoms. The van der Waals surface area contributed by atoms with E-state index in [1.165, 1.54) is 0 Å². The number of aliphatic hydroxyl groups excluding tert-OH is 1. The number of aromatic nitrogens is 2. The van der Waals surface area contributed by atoms with Crippen LogP contribution in [-0.4, -0.2) is 21.6 Å². The molecule has 0 fully saturated rings. The van der Waals surface area contributed by atoms with Gasteiger partial charge in [-0.15, -0.1) is 0 Å². The monoisotopic (exact) mass is 150 g/mol. The minimum absolute atomic E-state index is 0.998. The Bertz CT molecular complexity index is 286. The van der Waals surface area contributed by atoms with Gasteiger partial charge in [0.1, 0.15) is 5.65 Å². The highest BCUT2D eigenvalue weighted by atomic mass is 16.2. The fourth-order valence-corrected chi connectivity index (χ4v) is 0.864. The molecule has 2 aromatic rings. The molecule has 0 aliphatic heterocycles. The van der Waals surface area contributed by atoms with Crippen molar-refractivity contribution in [3.8, 4) is 0 Å². The third kappa shape index (κ3) is 1.56. The Morgan fingerprint density at radius 2 is 2.09 bits per heavy atom. The molecule has 1 N–H and O–H groups in total. The molecule has 0 saturated carbocycles. The molecule has 0 atom stereocenters. The van der Waals surface area contributed by atoms with E-state index in [4.69, 9.17) is 5.11 Å². The quantitative estimate of drug-likeness (QED) is 0.607. The summed E-state index contributed by atoms with van der Waals surface area (Å²) in [5.41, 5.74) is 0.998. The average molecular weight is 150 g/mol. The van der Waals surface area contributed by atoms with Gasteiger partial charge in [-0.3, -0.25) is 0 Å². The molecule has 0 aliphatic rings. The van der Waals surface area contributed by atoms with Gasteiger partial charge in [0.05, 0.1) is 0 Å². The second kappa shape index (κ2) is 3.73. The van der Waals surface area contributed by atoms with Gasteiger partial charge < -0.3 is 9.51 Å². The van der Waals surface area contributed by atoms with Crippen molar-refractivity contribution in [1.29, 1.82) is 0 Å². The predicted octanol–water partition coefficient (Wildman–Crippen LogP) is 0.943. The van der Waals surface area contributed by atoms with E-state index in [-0.39, 0.29) is 0 Å². The summed E-state index contributed by atoms with van der Waals surface area (Å²) in [6.07, 6.45) is 5.69. The molecule has 0 unspecified atom stereocenters. The Morgan fingerprint density at radius 3 is 2.82 bits per heavy atom. The molecule has 2 heterocycles. The minimum Gasteiger partial charge on any atom is -0.400 e. The van der Waals surface area contributed by atoms with Crippen molar-refractivity contribution < 1.29 is 5.11 Å². The Kier molecular flexibility index (Phi) is 2.63. The van der Waals surface area contributed by atoms with Gasteiger partial charge in [-0.05, 0) is 12.1 Å². The van der Waals surface area contributed by atoms with E-state index in [1.54, 1.807) is 6.20 Å². The van der Waals surface area contributed by atoms with Crippen LogP contribution in [0.5, 0.6) is 0 Å². The first-order chi connectivity index (χ1) is 5.47. The Hall–Kier alpha value is -1.35. The maximum atomic E-state index is 7.00. The normalized spacial score (nSPS) is 8.91. The topological polar surface area (TPSA) is 37.5 Å². The zero-order valence-electron chi connectivity index (χ0n) is 6.31. The van der Waals surface area contributed by atoms with E-state index in [1.807, 2.05) is 35.0 Å². The molecule has 0 amide bonds. The molecule has 3 heteroatoms. The van der Waals surface area contributed by atoms with E-state index < -0.39 is 0 Å². The van der Waals surface area contributed by atoms with E-state index in [2.05, 4.69) is 4.98 Å². The first kappa shape index (κ1) is 7.75. The SMILES string of the molecule is CO.c1ccn2ccnc2c1.